The van der Waals surface area contributed by atoms with E-state index in [-0.39, 0.29) is 44.2 Å². The van der Waals surface area contributed by atoms with E-state index in [0.717, 1.165) is 16.8 Å². The first-order valence-electron chi connectivity index (χ1n) is 11.2. The fraction of sp³-hybridized carbons (Fsp3) is 0.174. The summed E-state index contributed by atoms with van der Waals surface area (Å²) in [6.07, 6.45) is 0.424. The van der Waals surface area contributed by atoms with Crippen LogP contribution in [0, 0.1) is 6.92 Å². The Morgan fingerprint density at radius 2 is 1.56 bits per heavy atom. The van der Waals surface area contributed by atoms with Gasteiger partial charge in [0.25, 0.3) is 25.8 Å². The molecular weight excluding hydrogens is 572 g/mol. The largest absolute Gasteiger partial charge is 0.299 e. The molecule has 0 spiro atoms. The van der Waals surface area contributed by atoms with Gasteiger partial charge in [-0.1, -0.05) is 31.2 Å². The standard InChI is InChI=1S/C23H22N4O9S3/c1-3-12-37(29,30)16-7-4-6-15(13-16)24-25-21-14(2)26-27(23(21)28)19-11-10-17-18(22(19)39(34,35)36)8-5-9-20(17)38(31,32)33/h4-11,13,26H,3,12H2,1-2H3,(H,31,32,33)(H,34,35,36). The van der Waals surface area contributed by atoms with Gasteiger partial charge in [0.2, 0.25) is 0 Å². The second-order valence-electron chi connectivity index (χ2n) is 8.46. The number of nitrogens with one attached hydrogen (secondary N) is 1. The van der Waals surface area contributed by atoms with E-state index in [1.807, 2.05) is 0 Å². The van der Waals surface area contributed by atoms with Crippen LogP contribution < -0.4 is 5.56 Å². The Kier molecular flexibility index (Phi) is 7.35. The molecule has 13 nitrogen and oxygen atoms in total. The van der Waals surface area contributed by atoms with Crippen molar-refractivity contribution in [3.05, 3.63) is 70.6 Å². The van der Waals surface area contributed by atoms with Gasteiger partial charge < -0.3 is 0 Å². The van der Waals surface area contributed by atoms with Crippen molar-refractivity contribution in [2.75, 3.05) is 5.75 Å². The van der Waals surface area contributed by atoms with Gasteiger partial charge >= 0.3 is 0 Å². The molecule has 0 aliphatic heterocycles. The topological polar surface area (TPSA) is 205 Å². The van der Waals surface area contributed by atoms with Crippen LogP contribution in [-0.4, -0.2) is 49.9 Å². The number of hydrogen-bond acceptors (Lipinski definition) is 9. The Hall–Kier alpha value is -3.70. The number of nitrogens with zero attached hydrogens (tertiary/aromatic N) is 3. The van der Waals surface area contributed by atoms with Crippen LogP contribution in [0.1, 0.15) is 19.0 Å². The van der Waals surface area contributed by atoms with Gasteiger partial charge in [-0.3, -0.25) is 19.0 Å². The van der Waals surface area contributed by atoms with E-state index in [1.165, 1.54) is 49.4 Å². The second-order valence-corrected chi connectivity index (χ2v) is 13.3. The minimum absolute atomic E-state index is 0.0437. The van der Waals surface area contributed by atoms with Gasteiger partial charge in [0.15, 0.2) is 15.5 Å². The Labute approximate surface area is 223 Å². The van der Waals surface area contributed by atoms with Crippen molar-refractivity contribution in [1.82, 2.24) is 9.78 Å². The van der Waals surface area contributed by atoms with Crippen molar-refractivity contribution >= 4 is 52.2 Å². The molecule has 0 unspecified atom stereocenters. The quantitative estimate of drug-likeness (QED) is 0.200. The Morgan fingerprint density at radius 1 is 0.872 bits per heavy atom. The molecule has 3 aromatic carbocycles. The zero-order valence-corrected chi connectivity index (χ0v) is 22.9. The number of aromatic nitrogens is 2. The van der Waals surface area contributed by atoms with Gasteiger partial charge in [-0.15, -0.1) is 5.11 Å². The number of hydrogen-bond donors (Lipinski definition) is 3. The molecule has 206 valence electrons. The molecule has 0 aliphatic rings. The number of fused-ring (bicyclic) bond motifs is 1. The molecule has 0 fully saturated rings. The molecule has 0 amide bonds. The summed E-state index contributed by atoms with van der Waals surface area (Å²) in [5.41, 5.74) is -1.13. The minimum Gasteiger partial charge on any atom is -0.293 e. The number of aryl methyl sites for hydroxylation is 1. The molecule has 0 aliphatic carbocycles. The molecule has 1 heterocycles. The van der Waals surface area contributed by atoms with Gasteiger partial charge in [-0.25, -0.2) is 13.1 Å². The monoisotopic (exact) mass is 594 g/mol. The number of rotatable bonds is 8. The van der Waals surface area contributed by atoms with Crippen LogP contribution >= 0.6 is 0 Å². The Morgan fingerprint density at radius 3 is 2.21 bits per heavy atom. The molecule has 4 rings (SSSR count). The summed E-state index contributed by atoms with van der Waals surface area (Å²) in [6.45, 7) is 3.19. The van der Waals surface area contributed by atoms with Crippen molar-refractivity contribution in [2.24, 2.45) is 10.2 Å². The SMILES string of the molecule is CCCS(=O)(=O)c1cccc(N=Nc2c(C)[nH]n(-c3ccc4c(S(=O)(=O)O)cccc4c3S(=O)(=O)O)c2=O)c1. The highest BCUT2D eigenvalue weighted by Gasteiger charge is 2.26. The van der Waals surface area contributed by atoms with Crippen LogP contribution in [0.2, 0.25) is 0 Å². The molecule has 3 N–H and O–H groups in total. The molecule has 0 saturated heterocycles. The van der Waals surface area contributed by atoms with Crippen molar-refractivity contribution in [1.29, 1.82) is 0 Å². The zero-order valence-electron chi connectivity index (χ0n) is 20.4. The lowest BCUT2D eigenvalue weighted by molar-refractivity contribution is 0.480. The molecule has 39 heavy (non-hydrogen) atoms. The molecule has 16 heteroatoms. The van der Waals surface area contributed by atoms with Crippen molar-refractivity contribution in [3.8, 4) is 5.69 Å². The Balaban J connectivity index is 1.87. The predicted octanol–water partition coefficient (Wildman–Crippen LogP) is 3.72. The van der Waals surface area contributed by atoms with Gasteiger partial charge in [0.1, 0.15) is 9.79 Å². The summed E-state index contributed by atoms with van der Waals surface area (Å²) < 4.78 is 93.4. The summed E-state index contributed by atoms with van der Waals surface area (Å²) in [6, 6.07) is 11.4. The first-order chi connectivity index (χ1) is 18.1. The van der Waals surface area contributed by atoms with Gasteiger partial charge in [-0.05, 0) is 43.7 Å². The summed E-state index contributed by atoms with van der Waals surface area (Å²) in [5.74, 6) is -0.0528. The summed E-state index contributed by atoms with van der Waals surface area (Å²) >= 11 is 0. The molecule has 0 atom stereocenters. The Bertz CT molecular complexity index is 2030. The van der Waals surface area contributed by atoms with E-state index >= 15 is 0 Å². The lowest BCUT2D eigenvalue weighted by atomic mass is 10.1. The zero-order chi connectivity index (χ0) is 28.8. The lowest BCUT2D eigenvalue weighted by Crippen LogP contribution is -2.18. The van der Waals surface area contributed by atoms with Crippen LogP contribution in [0.5, 0.6) is 0 Å². The van der Waals surface area contributed by atoms with E-state index in [2.05, 4.69) is 15.3 Å². The van der Waals surface area contributed by atoms with Crippen LogP contribution in [0.25, 0.3) is 16.5 Å². The third-order valence-corrected chi connectivity index (χ3v) is 9.46. The van der Waals surface area contributed by atoms with E-state index in [0.29, 0.717) is 6.42 Å². The van der Waals surface area contributed by atoms with Crippen LogP contribution in [0.4, 0.5) is 11.4 Å². The van der Waals surface area contributed by atoms with Crippen molar-refractivity contribution in [2.45, 2.75) is 35.0 Å². The fourth-order valence-corrected chi connectivity index (χ4v) is 6.97. The van der Waals surface area contributed by atoms with Crippen molar-refractivity contribution in [3.63, 3.8) is 0 Å². The molecule has 0 radical (unpaired) electrons. The third kappa shape index (κ3) is 5.55. The second kappa shape index (κ2) is 10.1. The van der Waals surface area contributed by atoms with Crippen LogP contribution in [-0.2, 0) is 30.1 Å². The minimum atomic E-state index is -5.04. The fourth-order valence-electron chi connectivity index (χ4n) is 4.02. The van der Waals surface area contributed by atoms with Crippen LogP contribution in [0.15, 0.2) is 84.3 Å². The summed E-state index contributed by atoms with van der Waals surface area (Å²) in [5, 5.41) is 10.1. The lowest BCUT2D eigenvalue weighted by Gasteiger charge is -2.12. The molecule has 0 bridgehead atoms. The number of H-pyrrole nitrogens is 1. The summed E-state index contributed by atoms with van der Waals surface area (Å²) in [7, 11) is -13.3. The van der Waals surface area contributed by atoms with Gasteiger partial charge in [0.05, 0.1) is 27.7 Å². The molecule has 1 aromatic heterocycles. The van der Waals surface area contributed by atoms with Gasteiger partial charge in [0, 0.05) is 10.8 Å². The highest BCUT2D eigenvalue weighted by molar-refractivity contribution is 7.91. The third-order valence-electron chi connectivity index (χ3n) is 5.68. The maximum Gasteiger partial charge on any atom is 0.299 e. The molecule has 0 saturated carbocycles. The van der Waals surface area contributed by atoms with E-state index in [1.54, 1.807) is 6.92 Å². The highest BCUT2D eigenvalue weighted by atomic mass is 32.2. The summed E-state index contributed by atoms with van der Waals surface area (Å²) in [4.78, 5) is 11.9. The average molecular weight is 595 g/mol. The van der Waals surface area contributed by atoms with Crippen LogP contribution in [0.3, 0.4) is 0 Å². The number of sulfone groups is 1. The maximum absolute atomic E-state index is 13.2. The normalized spacial score (nSPS) is 12.9. The van der Waals surface area contributed by atoms with Crippen molar-refractivity contribution < 1.29 is 34.4 Å². The smallest absolute Gasteiger partial charge is 0.293 e. The van der Waals surface area contributed by atoms with E-state index in [9.17, 15) is 39.2 Å². The predicted molar refractivity (Wildman–Crippen MR) is 141 cm³/mol. The molecule has 4 aromatic rings. The number of azo groups is 1. The average Bonchev–Trinajstić information content (AvgIpc) is 3.13. The first kappa shape index (κ1) is 28.3. The van der Waals surface area contributed by atoms with E-state index in [4.69, 9.17) is 0 Å². The van der Waals surface area contributed by atoms with E-state index < -0.39 is 45.4 Å². The molecular formula is C23H22N4O9S3. The number of benzene rings is 3. The first-order valence-corrected chi connectivity index (χ1v) is 15.8. The van der Waals surface area contributed by atoms with Gasteiger partial charge in [-0.2, -0.15) is 21.9 Å². The number of aromatic amines is 1. The highest BCUT2D eigenvalue weighted by Crippen LogP contribution is 2.33. The maximum atomic E-state index is 13.2.